The SMILES string of the molecule is CN(Cc1cn2c(n1)CCCC2)C(=O)[C@](C)(O)CCc1ccccc1. The fourth-order valence-corrected chi connectivity index (χ4v) is 3.41. The summed E-state index contributed by atoms with van der Waals surface area (Å²) in [6.45, 7) is 3.04. The quantitative estimate of drug-likeness (QED) is 0.878. The van der Waals surface area contributed by atoms with Crippen LogP contribution in [0.5, 0.6) is 0 Å². The summed E-state index contributed by atoms with van der Waals surface area (Å²) in [5.41, 5.74) is 0.649. The second kappa shape index (κ2) is 7.40. The average Bonchev–Trinajstić information content (AvgIpc) is 3.02. The van der Waals surface area contributed by atoms with Crippen LogP contribution in [0.1, 0.15) is 43.3 Å². The van der Waals surface area contributed by atoms with Gasteiger partial charge in [-0.2, -0.15) is 0 Å². The van der Waals surface area contributed by atoms with Crippen LogP contribution in [0.2, 0.25) is 0 Å². The highest BCUT2D eigenvalue weighted by Crippen LogP contribution is 2.19. The number of aromatic nitrogens is 2. The lowest BCUT2D eigenvalue weighted by Crippen LogP contribution is -2.45. The molecule has 25 heavy (non-hydrogen) atoms. The number of likely N-dealkylation sites (N-methyl/N-ethyl adjacent to an activating group) is 1. The smallest absolute Gasteiger partial charge is 0.254 e. The molecule has 0 saturated heterocycles. The molecule has 1 amide bonds. The Labute approximate surface area is 149 Å². The van der Waals surface area contributed by atoms with Crippen LogP contribution in [-0.4, -0.2) is 38.1 Å². The van der Waals surface area contributed by atoms with Crippen molar-refractivity contribution in [3.8, 4) is 0 Å². The van der Waals surface area contributed by atoms with E-state index in [4.69, 9.17) is 0 Å². The van der Waals surface area contributed by atoms with E-state index in [2.05, 4.69) is 9.55 Å². The normalized spacial score (nSPS) is 16.1. The first kappa shape index (κ1) is 17.7. The van der Waals surface area contributed by atoms with E-state index >= 15 is 0 Å². The van der Waals surface area contributed by atoms with Crippen molar-refractivity contribution in [3.63, 3.8) is 0 Å². The predicted molar refractivity (Wildman–Crippen MR) is 97.0 cm³/mol. The number of aryl methyl sites for hydroxylation is 3. The lowest BCUT2D eigenvalue weighted by atomic mass is 9.95. The predicted octanol–water partition coefficient (Wildman–Crippen LogP) is 2.56. The summed E-state index contributed by atoms with van der Waals surface area (Å²) in [5.74, 6) is 0.854. The summed E-state index contributed by atoms with van der Waals surface area (Å²) in [6.07, 6.45) is 6.49. The summed E-state index contributed by atoms with van der Waals surface area (Å²) < 4.78 is 2.19. The van der Waals surface area contributed by atoms with Crippen molar-refractivity contribution >= 4 is 5.91 Å². The minimum absolute atomic E-state index is 0.255. The van der Waals surface area contributed by atoms with Crippen LogP contribution in [0.3, 0.4) is 0 Å². The Kier molecular flexibility index (Phi) is 5.23. The summed E-state index contributed by atoms with van der Waals surface area (Å²) in [4.78, 5) is 18.9. The van der Waals surface area contributed by atoms with Crippen LogP contribution in [0.15, 0.2) is 36.5 Å². The third-order valence-corrected chi connectivity index (χ3v) is 4.91. The Hall–Kier alpha value is -2.14. The molecule has 5 heteroatoms. The van der Waals surface area contributed by atoms with Gasteiger partial charge in [-0.15, -0.1) is 0 Å². The van der Waals surface area contributed by atoms with Gasteiger partial charge < -0.3 is 14.6 Å². The van der Waals surface area contributed by atoms with Crippen molar-refractivity contribution < 1.29 is 9.90 Å². The number of fused-ring (bicyclic) bond motifs is 1. The molecule has 0 bridgehead atoms. The third kappa shape index (κ3) is 4.28. The van der Waals surface area contributed by atoms with E-state index < -0.39 is 5.60 Å². The van der Waals surface area contributed by atoms with Crippen LogP contribution >= 0.6 is 0 Å². The van der Waals surface area contributed by atoms with E-state index in [0.717, 1.165) is 30.0 Å². The van der Waals surface area contributed by atoms with Gasteiger partial charge in [-0.25, -0.2) is 4.98 Å². The first-order chi connectivity index (χ1) is 12.0. The number of amides is 1. The molecule has 1 aromatic heterocycles. The minimum Gasteiger partial charge on any atom is -0.380 e. The van der Waals surface area contributed by atoms with Crippen molar-refractivity contribution in [3.05, 3.63) is 53.6 Å². The fraction of sp³-hybridized carbons (Fsp3) is 0.500. The number of imidazole rings is 1. The van der Waals surface area contributed by atoms with Crippen molar-refractivity contribution in [2.75, 3.05) is 7.05 Å². The van der Waals surface area contributed by atoms with Gasteiger partial charge in [0.15, 0.2) is 0 Å². The Bertz CT molecular complexity index is 698. The van der Waals surface area contributed by atoms with E-state index in [9.17, 15) is 9.90 Å². The molecule has 0 saturated carbocycles. The lowest BCUT2D eigenvalue weighted by Gasteiger charge is -2.28. The van der Waals surface area contributed by atoms with E-state index in [-0.39, 0.29) is 5.91 Å². The number of rotatable bonds is 6. The van der Waals surface area contributed by atoms with Crippen molar-refractivity contribution in [1.82, 2.24) is 14.5 Å². The molecule has 0 unspecified atom stereocenters. The maximum atomic E-state index is 12.7. The van der Waals surface area contributed by atoms with Crippen LogP contribution in [0, 0.1) is 0 Å². The highest BCUT2D eigenvalue weighted by molar-refractivity contribution is 5.84. The van der Waals surface area contributed by atoms with Gasteiger partial charge in [0.1, 0.15) is 11.4 Å². The zero-order valence-corrected chi connectivity index (χ0v) is 15.1. The van der Waals surface area contributed by atoms with Crippen molar-refractivity contribution in [2.45, 2.75) is 57.7 Å². The topological polar surface area (TPSA) is 58.4 Å². The molecule has 0 spiro atoms. The van der Waals surface area contributed by atoms with Gasteiger partial charge in [0, 0.05) is 26.2 Å². The second-order valence-electron chi connectivity index (χ2n) is 7.22. The fourth-order valence-electron chi connectivity index (χ4n) is 3.41. The number of carbonyl (C=O) groups is 1. The van der Waals surface area contributed by atoms with Gasteiger partial charge in [-0.1, -0.05) is 30.3 Å². The van der Waals surface area contributed by atoms with Gasteiger partial charge in [0.25, 0.3) is 5.91 Å². The second-order valence-corrected chi connectivity index (χ2v) is 7.22. The minimum atomic E-state index is -1.37. The van der Waals surface area contributed by atoms with Gasteiger partial charge in [0.05, 0.1) is 12.2 Å². The first-order valence-corrected chi connectivity index (χ1v) is 9.02. The number of hydrogen-bond acceptors (Lipinski definition) is 3. The van der Waals surface area contributed by atoms with Crippen molar-refractivity contribution in [2.24, 2.45) is 0 Å². The Morgan fingerprint density at radius 1 is 1.32 bits per heavy atom. The largest absolute Gasteiger partial charge is 0.380 e. The van der Waals surface area contributed by atoms with Crippen LogP contribution in [0.4, 0.5) is 0 Å². The third-order valence-electron chi connectivity index (χ3n) is 4.91. The number of carbonyl (C=O) groups excluding carboxylic acids is 1. The van der Waals surface area contributed by atoms with Crippen LogP contribution in [-0.2, 0) is 30.7 Å². The van der Waals surface area contributed by atoms with E-state index in [1.807, 2.05) is 36.5 Å². The highest BCUT2D eigenvalue weighted by atomic mass is 16.3. The summed E-state index contributed by atoms with van der Waals surface area (Å²) >= 11 is 0. The molecule has 0 aliphatic carbocycles. The average molecular weight is 341 g/mol. The van der Waals surface area contributed by atoms with E-state index in [1.54, 1.807) is 18.9 Å². The van der Waals surface area contributed by atoms with Crippen LogP contribution < -0.4 is 0 Å². The maximum Gasteiger partial charge on any atom is 0.254 e. The van der Waals surface area contributed by atoms with Gasteiger partial charge >= 0.3 is 0 Å². The van der Waals surface area contributed by atoms with Gasteiger partial charge in [-0.05, 0) is 38.2 Å². The van der Waals surface area contributed by atoms with Crippen LogP contribution in [0.25, 0.3) is 0 Å². The zero-order chi connectivity index (χ0) is 17.9. The molecule has 2 aromatic rings. The molecule has 1 atom stereocenters. The molecule has 5 nitrogen and oxygen atoms in total. The standard InChI is InChI=1S/C20H27N3O2/c1-20(25,12-11-16-8-4-3-5-9-16)19(24)22(2)14-17-15-23-13-7-6-10-18(23)21-17/h3-5,8-9,15,25H,6-7,10-14H2,1-2H3/t20-/m1/s1. The number of aliphatic hydroxyl groups is 1. The molecule has 0 fully saturated rings. The molecule has 1 N–H and O–H groups in total. The first-order valence-electron chi connectivity index (χ1n) is 9.02. The maximum absolute atomic E-state index is 12.7. The molecule has 1 aliphatic heterocycles. The Balaban J connectivity index is 1.59. The Morgan fingerprint density at radius 2 is 2.08 bits per heavy atom. The van der Waals surface area contributed by atoms with Crippen molar-refractivity contribution in [1.29, 1.82) is 0 Å². The van der Waals surface area contributed by atoms with Gasteiger partial charge in [0.2, 0.25) is 0 Å². The number of hydrogen-bond donors (Lipinski definition) is 1. The molecule has 3 rings (SSSR count). The Morgan fingerprint density at radius 3 is 2.80 bits per heavy atom. The molecule has 1 aromatic carbocycles. The molecule has 134 valence electrons. The van der Waals surface area contributed by atoms with Gasteiger partial charge in [-0.3, -0.25) is 4.79 Å². The molecule has 0 radical (unpaired) electrons. The monoisotopic (exact) mass is 341 g/mol. The summed E-state index contributed by atoms with van der Waals surface area (Å²) in [5, 5.41) is 10.6. The number of benzene rings is 1. The molecular formula is C20H27N3O2. The molecular weight excluding hydrogens is 314 g/mol. The highest BCUT2D eigenvalue weighted by Gasteiger charge is 2.33. The van der Waals surface area contributed by atoms with E-state index in [0.29, 0.717) is 19.4 Å². The van der Waals surface area contributed by atoms with E-state index in [1.165, 1.54) is 12.8 Å². The molecule has 2 heterocycles. The lowest BCUT2D eigenvalue weighted by molar-refractivity contribution is -0.149. The molecule has 1 aliphatic rings. The summed E-state index contributed by atoms with van der Waals surface area (Å²) in [6, 6.07) is 9.93. The summed E-state index contributed by atoms with van der Waals surface area (Å²) in [7, 11) is 1.73. The number of nitrogens with zero attached hydrogens (tertiary/aromatic N) is 3. The zero-order valence-electron chi connectivity index (χ0n) is 15.1.